The molecular weight excluding hydrogens is 396 g/mol. The molecule has 1 heterocycles. The number of carbonyl (C=O) groups excluding carboxylic acids is 1. The first-order valence-corrected chi connectivity index (χ1v) is 11.8. The van der Waals surface area contributed by atoms with Crippen molar-refractivity contribution < 1.29 is 29.3 Å². The third kappa shape index (κ3) is 7.99. The van der Waals surface area contributed by atoms with Gasteiger partial charge in [0.15, 0.2) is 0 Å². The summed E-state index contributed by atoms with van der Waals surface area (Å²) in [5, 5.41) is 19.1. The van der Waals surface area contributed by atoms with Gasteiger partial charge in [0.1, 0.15) is 12.2 Å². The minimum atomic E-state index is -0.784. The minimum Gasteiger partial charge on any atom is -0.495 e. The number of hydrogen-bond donors (Lipinski definition) is 2. The van der Waals surface area contributed by atoms with Gasteiger partial charge in [-0.05, 0) is 46.1 Å². The maximum Gasteiger partial charge on any atom is 0.311 e. The van der Waals surface area contributed by atoms with Crippen molar-refractivity contribution in [2.45, 2.75) is 104 Å². The number of esters is 1. The van der Waals surface area contributed by atoms with Crippen molar-refractivity contribution in [2.75, 3.05) is 0 Å². The Kier molecular flexibility index (Phi) is 9.60. The van der Waals surface area contributed by atoms with Crippen LogP contribution in [0.4, 0.5) is 0 Å². The maximum atomic E-state index is 12.5. The van der Waals surface area contributed by atoms with E-state index in [1.807, 2.05) is 39.0 Å². The van der Waals surface area contributed by atoms with E-state index in [9.17, 15) is 14.7 Å². The fraction of sp³-hybridized carbons (Fsp3) is 0.760. The quantitative estimate of drug-likeness (QED) is 0.269. The Hall–Kier alpha value is -1.82. The molecule has 31 heavy (non-hydrogen) atoms. The molecule has 0 bridgehead atoms. The van der Waals surface area contributed by atoms with Crippen molar-refractivity contribution in [2.24, 2.45) is 17.3 Å². The van der Waals surface area contributed by atoms with Crippen LogP contribution in [0.2, 0.25) is 0 Å². The minimum absolute atomic E-state index is 0.00189. The molecule has 0 radical (unpaired) electrons. The van der Waals surface area contributed by atoms with Crippen molar-refractivity contribution in [1.29, 1.82) is 0 Å². The lowest BCUT2D eigenvalue weighted by atomic mass is 9.90. The molecule has 2 aliphatic rings. The number of unbranched alkanes of at least 4 members (excludes halogenated alkanes) is 3. The number of fused-ring (bicyclic) bond motifs is 1. The third-order valence-electron chi connectivity index (χ3n) is 6.10. The van der Waals surface area contributed by atoms with Gasteiger partial charge in [0.05, 0.1) is 17.3 Å². The molecule has 0 amide bonds. The number of hydrogen-bond acceptors (Lipinski definition) is 5. The molecule has 2 fully saturated rings. The molecule has 0 aromatic carbocycles. The molecule has 1 saturated carbocycles. The van der Waals surface area contributed by atoms with E-state index >= 15 is 0 Å². The van der Waals surface area contributed by atoms with Crippen LogP contribution in [-0.2, 0) is 19.1 Å². The molecule has 176 valence electrons. The predicted octanol–water partition coefficient (Wildman–Crippen LogP) is 5.01. The lowest BCUT2D eigenvalue weighted by molar-refractivity contribution is -0.160. The van der Waals surface area contributed by atoms with Crippen LogP contribution in [0.1, 0.15) is 85.5 Å². The summed E-state index contributed by atoms with van der Waals surface area (Å²) in [6.45, 7) is 7.69. The van der Waals surface area contributed by atoms with E-state index in [4.69, 9.17) is 14.6 Å². The first-order valence-electron chi connectivity index (χ1n) is 11.8. The Bertz CT molecular complexity index is 659. The molecule has 1 aliphatic carbocycles. The van der Waals surface area contributed by atoms with E-state index in [2.05, 4.69) is 6.92 Å². The number of aliphatic carboxylic acids is 1. The van der Waals surface area contributed by atoms with Crippen LogP contribution >= 0.6 is 0 Å². The Labute approximate surface area is 186 Å². The summed E-state index contributed by atoms with van der Waals surface area (Å²) in [6, 6.07) is 0. The van der Waals surface area contributed by atoms with E-state index in [-0.39, 0.29) is 36.4 Å². The van der Waals surface area contributed by atoms with E-state index in [1.165, 1.54) is 0 Å². The molecule has 1 aliphatic heterocycles. The highest BCUT2D eigenvalue weighted by Crippen LogP contribution is 2.47. The number of carboxylic acid groups (broad SMARTS) is 1. The largest absolute Gasteiger partial charge is 0.495 e. The molecule has 2 N–H and O–H groups in total. The highest BCUT2D eigenvalue weighted by Gasteiger charge is 2.49. The number of rotatable bonds is 11. The second-order valence-corrected chi connectivity index (χ2v) is 9.94. The lowest BCUT2D eigenvalue weighted by Gasteiger charge is -2.25. The Morgan fingerprint density at radius 2 is 2.00 bits per heavy atom. The number of allylic oxidation sites excluding steroid dienone is 2. The maximum absolute atomic E-state index is 12.5. The Morgan fingerprint density at radius 1 is 1.26 bits per heavy atom. The van der Waals surface area contributed by atoms with Gasteiger partial charge in [-0.2, -0.15) is 0 Å². The number of aliphatic hydroxyl groups excluding tert-OH is 1. The van der Waals surface area contributed by atoms with Gasteiger partial charge in [-0.1, -0.05) is 38.3 Å². The van der Waals surface area contributed by atoms with Crippen molar-refractivity contribution in [3.8, 4) is 0 Å². The summed E-state index contributed by atoms with van der Waals surface area (Å²) in [7, 11) is 0. The molecule has 0 unspecified atom stereocenters. The van der Waals surface area contributed by atoms with Gasteiger partial charge in [-0.15, -0.1) is 0 Å². The van der Waals surface area contributed by atoms with Gasteiger partial charge in [-0.25, -0.2) is 0 Å². The summed E-state index contributed by atoms with van der Waals surface area (Å²) in [5.41, 5.74) is -0.568. The topological polar surface area (TPSA) is 93.1 Å². The molecule has 1 saturated heterocycles. The number of carboxylic acids is 1. The molecule has 6 heteroatoms. The van der Waals surface area contributed by atoms with Crippen LogP contribution in [0.3, 0.4) is 0 Å². The molecular formula is C25H40O6. The molecule has 2 rings (SSSR count). The van der Waals surface area contributed by atoms with Crippen LogP contribution in [0, 0.1) is 17.3 Å². The summed E-state index contributed by atoms with van der Waals surface area (Å²) in [5.74, 6) is 0.102. The first-order chi connectivity index (χ1) is 14.6. The second-order valence-electron chi connectivity index (χ2n) is 9.94. The van der Waals surface area contributed by atoms with Crippen LogP contribution in [0.5, 0.6) is 0 Å². The highest BCUT2D eigenvalue weighted by molar-refractivity contribution is 5.75. The van der Waals surface area contributed by atoms with E-state index < -0.39 is 17.5 Å². The number of aliphatic hydroxyl groups is 1. The van der Waals surface area contributed by atoms with Gasteiger partial charge in [0, 0.05) is 31.1 Å². The molecule has 5 atom stereocenters. The fourth-order valence-electron chi connectivity index (χ4n) is 4.27. The standard InChI is InChI=1S/C25H40O6/c1-5-6-7-10-17(26)13-14-19-20-15-18(11-8-9-12-23(27)28)30-22(20)16-21(19)31-24(29)25(2,3)4/h11,13-14,17,19-22,26H,5-10,12,15-16H2,1-4H3,(H,27,28)/b14-13+,18-11-/t17-,19+,20+,21+,22-/m0/s1. The zero-order valence-corrected chi connectivity index (χ0v) is 19.5. The first kappa shape index (κ1) is 25.4. The average Bonchev–Trinajstić information content (AvgIpc) is 3.20. The lowest BCUT2D eigenvalue weighted by Crippen LogP contribution is -2.31. The second kappa shape index (κ2) is 11.7. The van der Waals surface area contributed by atoms with Gasteiger partial charge in [-0.3, -0.25) is 9.59 Å². The zero-order chi connectivity index (χ0) is 23.0. The SMILES string of the molecule is CCCCC[C@H](O)/C=C/[C@@H]1[C@H]2C/C(=C/CCCC(=O)O)O[C@H]2C[C@H]1OC(=O)C(C)(C)C. The van der Waals surface area contributed by atoms with E-state index in [0.29, 0.717) is 19.3 Å². The molecule has 0 aromatic heterocycles. The molecule has 6 nitrogen and oxygen atoms in total. The van der Waals surface area contributed by atoms with Crippen molar-refractivity contribution >= 4 is 11.9 Å². The molecule has 0 aromatic rings. The van der Waals surface area contributed by atoms with Crippen LogP contribution in [0.15, 0.2) is 24.0 Å². The van der Waals surface area contributed by atoms with E-state index in [0.717, 1.165) is 37.9 Å². The summed E-state index contributed by atoms with van der Waals surface area (Å²) >= 11 is 0. The van der Waals surface area contributed by atoms with Crippen LogP contribution in [0.25, 0.3) is 0 Å². The monoisotopic (exact) mass is 436 g/mol. The van der Waals surface area contributed by atoms with Crippen molar-refractivity contribution in [3.63, 3.8) is 0 Å². The van der Waals surface area contributed by atoms with Gasteiger partial charge in [0.25, 0.3) is 0 Å². The van der Waals surface area contributed by atoms with E-state index in [1.54, 1.807) is 0 Å². The molecule has 0 spiro atoms. The van der Waals surface area contributed by atoms with Gasteiger partial charge >= 0.3 is 11.9 Å². The highest BCUT2D eigenvalue weighted by atomic mass is 16.6. The van der Waals surface area contributed by atoms with Crippen LogP contribution in [-0.4, -0.2) is 40.5 Å². The predicted molar refractivity (Wildman–Crippen MR) is 119 cm³/mol. The van der Waals surface area contributed by atoms with Gasteiger partial charge in [0.2, 0.25) is 0 Å². The summed E-state index contributed by atoms with van der Waals surface area (Å²) in [6.07, 6.45) is 11.9. The summed E-state index contributed by atoms with van der Waals surface area (Å²) < 4.78 is 12.0. The Balaban J connectivity index is 2.04. The van der Waals surface area contributed by atoms with Gasteiger partial charge < -0.3 is 19.7 Å². The Morgan fingerprint density at radius 3 is 2.65 bits per heavy atom. The van der Waals surface area contributed by atoms with Crippen molar-refractivity contribution in [3.05, 3.63) is 24.0 Å². The van der Waals surface area contributed by atoms with Crippen LogP contribution < -0.4 is 0 Å². The summed E-state index contributed by atoms with van der Waals surface area (Å²) in [4.78, 5) is 23.2. The number of ether oxygens (including phenoxy) is 2. The smallest absolute Gasteiger partial charge is 0.311 e. The number of carbonyl (C=O) groups is 2. The zero-order valence-electron chi connectivity index (χ0n) is 19.5. The normalized spacial score (nSPS) is 28.0. The third-order valence-corrected chi connectivity index (χ3v) is 6.10. The average molecular weight is 437 g/mol. The van der Waals surface area contributed by atoms with Crippen molar-refractivity contribution in [1.82, 2.24) is 0 Å². The fourth-order valence-corrected chi connectivity index (χ4v) is 4.27.